The van der Waals surface area contributed by atoms with Gasteiger partial charge < -0.3 is 15.5 Å². The molecule has 2 aliphatic heterocycles. The van der Waals surface area contributed by atoms with E-state index in [0.717, 1.165) is 25.7 Å². The van der Waals surface area contributed by atoms with Gasteiger partial charge in [-0.2, -0.15) is 8.42 Å². The lowest BCUT2D eigenvalue weighted by Crippen LogP contribution is -2.50. The highest BCUT2D eigenvalue weighted by atomic mass is 32.2. The van der Waals surface area contributed by atoms with Gasteiger partial charge in [-0.1, -0.05) is 38.1 Å². The second-order valence-corrected chi connectivity index (χ2v) is 9.62. The molecule has 0 radical (unpaired) electrons. The molecule has 1 saturated heterocycles. The first-order chi connectivity index (χ1) is 14.2. The number of amides is 2. The number of nitrogens with one attached hydrogen (secondary N) is 2. The molecule has 1 aromatic rings. The Hall–Kier alpha value is -2.35. The number of hydrogen-bond donors (Lipinski definition) is 2. The fourth-order valence-corrected chi connectivity index (χ4v) is 5.35. The summed E-state index contributed by atoms with van der Waals surface area (Å²) in [6, 6.07) is 7.72. The minimum Gasteiger partial charge on any atom is -0.356 e. The van der Waals surface area contributed by atoms with Gasteiger partial charge in [0.2, 0.25) is 0 Å². The van der Waals surface area contributed by atoms with Gasteiger partial charge in [0.15, 0.2) is 0 Å². The number of benzene rings is 1. The Morgan fingerprint density at radius 1 is 1.20 bits per heavy atom. The first-order valence-corrected chi connectivity index (χ1v) is 12.2. The van der Waals surface area contributed by atoms with Crippen molar-refractivity contribution in [2.24, 2.45) is 4.40 Å². The summed E-state index contributed by atoms with van der Waals surface area (Å²) in [6.07, 6.45) is 3.29. The van der Waals surface area contributed by atoms with Gasteiger partial charge in [0.1, 0.15) is 10.7 Å². The minimum atomic E-state index is -3.71. The van der Waals surface area contributed by atoms with Crippen LogP contribution in [0.2, 0.25) is 0 Å². The fraction of sp³-hybridized carbons (Fsp3) is 0.545. The van der Waals surface area contributed by atoms with E-state index < -0.39 is 10.0 Å². The number of hydrogen-bond acceptors (Lipinski definition) is 4. The molecule has 1 unspecified atom stereocenters. The van der Waals surface area contributed by atoms with Crippen LogP contribution in [-0.2, 0) is 16.4 Å². The molecule has 3 rings (SSSR count). The van der Waals surface area contributed by atoms with Crippen LogP contribution in [0.25, 0.3) is 4.91 Å². The molecule has 1 fully saturated rings. The fourth-order valence-electron chi connectivity index (χ4n) is 3.86. The molecule has 2 N–H and O–H groups in total. The molecule has 0 spiro atoms. The number of urea groups is 1. The van der Waals surface area contributed by atoms with Crippen LogP contribution >= 0.6 is 0 Å². The lowest BCUT2D eigenvalue weighted by molar-refractivity contribution is 0.223. The number of sulfonamides is 1. The highest BCUT2D eigenvalue weighted by Crippen LogP contribution is 2.34. The monoisotopic (exact) mass is 432 g/mol. The predicted molar refractivity (Wildman–Crippen MR) is 121 cm³/mol. The van der Waals surface area contributed by atoms with E-state index in [2.05, 4.69) is 22.0 Å². The molecule has 2 aliphatic rings. The Kier molecular flexibility index (Phi) is 6.85. The van der Waals surface area contributed by atoms with Gasteiger partial charge in [0.25, 0.3) is 10.0 Å². The van der Waals surface area contributed by atoms with Crippen molar-refractivity contribution in [2.75, 3.05) is 13.1 Å². The van der Waals surface area contributed by atoms with Gasteiger partial charge in [0.05, 0.1) is 0 Å². The molecular weight excluding hydrogens is 400 g/mol. The maximum Gasteiger partial charge on any atom is 0.315 e. The van der Waals surface area contributed by atoms with Gasteiger partial charge >= 0.3 is 6.03 Å². The molecule has 1 atom stereocenters. The van der Waals surface area contributed by atoms with E-state index in [1.165, 1.54) is 5.56 Å². The number of carbonyl (C=O) groups excluding carboxylic acids is 1. The Morgan fingerprint density at radius 2 is 1.83 bits per heavy atom. The second kappa shape index (κ2) is 9.20. The van der Waals surface area contributed by atoms with E-state index in [1.54, 1.807) is 0 Å². The Balaban J connectivity index is 1.68. The molecule has 0 aromatic heterocycles. The number of amidine groups is 1. The average molecular weight is 433 g/mol. The van der Waals surface area contributed by atoms with Crippen molar-refractivity contribution in [3.63, 3.8) is 0 Å². The summed E-state index contributed by atoms with van der Waals surface area (Å²) < 4.78 is 29.7. The van der Waals surface area contributed by atoms with E-state index in [-0.39, 0.29) is 18.1 Å². The number of carbonyl (C=O) groups is 1. The second-order valence-electron chi connectivity index (χ2n) is 8.08. The molecule has 8 heteroatoms. The number of likely N-dealkylation sites (tertiary alicyclic amines) is 1. The van der Waals surface area contributed by atoms with Crippen LogP contribution < -0.4 is 10.6 Å². The molecule has 0 aliphatic carbocycles. The van der Waals surface area contributed by atoms with E-state index in [0.29, 0.717) is 35.0 Å². The molecular formula is C22H32N4O3S. The van der Waals surface area contributed by atoms with Crippen LogP contribution in [0.4, 0.5) is 4.79 Å². The molecule has 0 saturated carbocycles. The van der Waals surface area contributed by atoms with Crippen molar-refractivity contribution >= 4 is 26.8 Å². The van der Waals surface area contributed by atoms with Crippen molar-refractivity contribution in [2.45, 2.75) is 65.5 Å². The molecule has 0 bridgehead atoms. The standard InChI is InChI=1S/C22H32N4O3S/c1-5-15(3)23-22(27)24-19-11-13-26(14-12-19)21-16(4)20(30(28,29)25-21)18-9-7-17(6-2)8-10-18/h7-10,15,19H,5-6,11-14H2,1-4H3,(H2,23,24,27). The molecule has 2 heterocycles. The third kappa shape index (κ3) is 4.86. The topological polar surface area (TPSA) is 90.9 Å². The lowest BCUT2D eigenvalue weighted by atomic mass is 10.0. The first-order valence-electron chi connectivity index (χ1n) is 10.7. The van der Waals surface area contributed by atoms with Crippen LogP contribution in [0.1, 0.15) is 58.1 Å². The van der Waals surface area contributed by atoms with Gasteiger partial charge in [-0.3, -0.25) is 0 Å². The first kappa shape index (κ1) is 22.3. The van der Waals surface area contributed by atoms with E-state index >= 15 is 0 Å². The number of piperidine rings is 1. The third-order valence-corrected chi connectivity index (χ3v) is 7.36. The van der Waals surface area contributed by atoms with Gasteiger partial charge in [-0.25, -0.2) is 4.79 Å². The van der Waals surface area contributed by atoms with Gasteiger partial charge in [-0.05, 0) is 50.7 Å². The summed E-state index contributed by atoms with van der Waals surface area (Å²) >= 11 is 0. The zero-order valence-corrected chi connectivity index (χ0v) is 19.1. The van der Waals surface area contributed by atoms with E-state index in [4.69, 9.17) is 0 Å². The minimum absolute atomic E-state index is 0.0780. The molecule has 1 aromatic carbocycles. The number of nitrogens with zero attached hydrogens (tertiary/aromatic N) is 2. The molecule has 30 heavy (non-hydrogen) atoms. The average Bonchev–Trinajstić information content (AvgIpc) is 2.97. The number of rotatable bonds is 5. The highest BCUT2D eigenvalue weighted by molar-refractivity contribution is 8.00. The van der Waals surface area contributed by atoms with Gasteiger partial charge in [-0.15, -0.1) is 4.40 Å². The summed E-state index contributed by atoms with van der Waals surface area (Å²) in [7, 11) is -3.71. The van der Waals surface area contributed by atoms with Crippen molar-refractivity contribution in [1.82, 2.24) is 15.5 Å². The zero-order chi connectivity index (χ0) is 21.9. The van der Waals surface area contributed by atoms with Crippen molar-refractivity contribution in [3.8, 4) is 0 Å². The molecule has 7 nitrogen and oxygen atoms in total. The Labute approximate surface area is 179 Å². The summed E-state index contributed by atoms with van der Waals surface area (Å²) in [6.45, 7) is 9.21. The summed E-state index contributed by atoms with van der Waals surface area (Å²) in [5.41, 5.74) is 2.54. The summed E-state index contributed by atoms with van der Waals surface area (Å²) in [5, 5.41) is 5.94. The van der Waals surface area contributed by atoms with Crippen LogP contribution in [0.3, 0.4) is 0 Å². The maximum absolute atomic E-state index is 12.8. The SMILES string of the molecule is CCc1ccc(C2=C(C)C(N3CCC(NC(=O)NC(C)CC)CC3)=NS2(=O)=O)cc1. The van der Waals surface area contributed by atoms with Crippen LogP contribution in [0, 0.1) is 0 Å². The quantitative estimate of drug-likeness (QED) is 0.747. The normalized spacial score (nSPS) is 20.1. The van der Waals surface area contributed by atoms with Crippen molar-refractivity contribution < 1.29 is 13.2 Å². The Bertz CT molecular complexity index is 943. The van der Waals surface area contributed by atoms with Crippen molar-refractivity contribution in [3.05, 3.63) is 41.0 Å². The third-order valence-electron chi connectivity index (χ3n) is 5.88. The lowest BCUT2D eigenvalue weighted by Gasteiger charge is -2.34. The largest absolute Gasteiger partial charge is 0.356 e. The highest BCUT2D eigenvalue weighted by Gasteiger charge is 2.35. The summed E-state index contributed by atoms with van der Waals surface area (Å²) in [5.74, 6) is 0.534. The predicted octanol–water partition coefficient (Wildman–Crippen LogP) is 3.28. The van der Waals surface area contributed by atoms with Crippen molar-refractivity contribution in [1.29, 1.82) is 0 Å². The number of aryl methyl sites for hydroxylation is 1. The van der Waals surface area contributed by atoms with Gasteiger partial charge in [0, 0.05) is 30.7 Å². The van der Waals surface area contributed by atoms with Crippen LogP contribution in [-0.4, -0.2) is 50.4 Å². The molecule has 2 amide bonds. The van der Waals surface area contributed by atoms with E-state index in [9.17, 15) is 13.2 Å². The Morgan fingerprint density at radius 3 is 2.40 bits per heavy atom. The smallest absolute Gasteiger partial charge is 0.315 e. The van der Waals surface area contributed by atoms with Crippen LogP contribution in [0.5, 0.6) is 0 Å². The zero-order valence-electron chi connectivity index (χ0n) is 18.2. The van der Waals surface area contributed by atoms with Crippen LogP contribution in [0.15, 0.2) is 34.2 Å². The van der Waals surface area contributed by atoms with E-state index in [1.807, 2.05) is 49.9 Å². The molecule has 164 valence electrons. The maximum atomic E-state index is 12.8. The summed E-state index contributed by atoms with van der Waals surface area (Å²) in [4.78, 5) is 14.4.